The second-order valence-corrected chi connectivity index (χ2v) is 6.92. The van der Waals surface area contributed by atoms with Crippen LogP contribution in [0.2, 0.25) is 0 Å². The first-order valence-corrected chi connectivity index (χ1v) is 9.11. The Morgan fingerprint density at radius 1 is 1.08 bits per heavy atom. The second-order valence-electron chi connectivity index (χ2n) is 6.92. The minimum atomic E-state index is -0.807. The van der Waals surface area contributed by atoms with Crippen molar-refractivity contribution in [2.45, 2.75) is 44.4 Å². The van der Waals surface area contributed by atoms with Crippen LogP contribution in [-0.4, -0.2) is 35.6 Å². The second kappa shape index (κ2) is 7.35. The molecule has 3 nitrogen and oxygen atoms in total. The molecule has 0 radical (unpaired) electrons. The summed E-state index contributed by atoms with van der Waals surface area (Å²) < 4.78 is 0. The van der Waals surface area contributed by atoms with Crippen LogP contribution in [0.5, 0.6) is 0 Å². The number of likely N-dealkylation sites (tertiary alicyclic amines) is 1. The molecule has 1 aliphatic heterocycles. The van der Waals surface area contributed by atoms with Crippen LogP contribution in [0.1, 0.15) is 44.6 Å². The lowest BCUT2D eigenvalue weighted by Crippen LogP contribution is -2.40. The fraction of sp³-hybridized carbons (Fsp3) is 0.476. The standard InChI is InChI=1S/C21H27NO2/c1-2-21(20(23)24,13-16-22-14-6-3-7-15-22)19-12-8-10-17-9-4-5-11-18(17)19/h4-5,8-12H,2-3,6-7,13-16H2,1H3,(H,23,24). The van der Waals surface area contributed by atoms with Crippen LogP contribution >= 0.6 is 0 Å². The molecule has 24 heavy (non-hydrogen) atoms. The van der Waals surface area contributed by atoms with Crippen LogP contribution in [0.15, 0.2) is 42.5 Å². The number of fused-ring (bicyclic) bond motifs is 1. The Kier molecular flexibility index (Phi) is 5.20. The Morgan fingerprint density at radius 3 is 2.50 bits per heavy atom. The summed E-state index contributed by atoms with van der Waals surface area (Å²) in [5.41, 5.74) is 0.158. The molecular formula is C21H27NO2. The predicted octanol–water partition coefficient (Wildman–Crippen LogP) is 4.45. The highest BCUT2D eigenvalue weighted by atomic mass is 16.4. The van der Waals surface area contributed by atoms with Crippen molar-refractivity contribution >= 4 is 16.7 Å². The lowest BCUT2D eigenvalue weighted by atomic mass is 9.73. The molecule has 1 fully saturated rings. The lowest BCUT2D eigenvalue weighted by Gasteiger charge is -2.34. The van der Waals surface area contributed by atoms with Crippen LogP contribution in [0.25, 0.3) is 10.8 Å². The summed E-state index contributed by atoms with van der Waals surface area (Å²) in [6.45, 7) is 5.08. The summed E-state index contributed by atoms with van der Waals surface area (Å²) in [5.74, 6) is -0.696. The summed E-state index contributed by atoms with van der Waals surface area (Å²) in [5, 5.41) is 12.3. The van der Waals surface area contributed by atoms with E-state index in [-0.39, 0.29) is 0 Å². The molecule has 0 amide bonds. The van der Waals surface area contributed by atoms with E-state index in [1.165, 1.54) is 19.3 Å². The van der Waals surface area contributed by atoms with Gasteiger partial charge in [-0.25, -0.2) is 0 Å². The molecule has 0 aliphatic carbocycles. The van der Waals surface area contributed by atoms with Crippen molar-refractivity contribution in [3.63, 3.8) is 0 Å². The third kappa shape index (κ3) is 3.18. The zero-order valence-electron chi connectivity index (χ0n) is 14.5. The Hall–Kier alpha value is -1.87. The topological polar surface area (TPSA) is 40.5 Å². The molecule has 1 heterocycles. The third-order valence-electron chi connectivity index (χ3n) is 5.62. The molecular weight excluding hydrogens is 298 g/mol. The minimum absolute atomic E-state index is 0.615. The van der Waals surface area contributed by atoms with Gasteiger partial charge in [0.05, 0.1) is 5.41 Å². The number of rotatable bonds is 6. The molecule has 0 saturated carbocycles. The van der Waals surface area contributed by atoms with Crippen molar-refractivity contribution in [3.8, 4) is 0 Å². The van der Waals surface area contributed by atoms with Gasteiger partial charge in [0.2, 0.25) is 0 Å². The largest absolute Gasteiger partial charge is 0.481 e. The molecule has 1 unspecified atom stereocenters. The van der Waals surface area contributed by atoms with Gasteiger partial charge in [-0.1, -0.05) is 55.8 Å². The van der Waals surface area contributed by atoms with Gasteiger partial charge in [-0.2, -0.15) is 0 Å². The van der Waals surface area contributed by atoms with Gasteiger partial charge in [-0.05, 0) is 61.7 Å². The van der Waals surface area contributed by atoms with Gasteiger partial charge in [-0.3, -0.25) is 4.79 Å². The van der Waals surface area contributed by atoms with Gasteiger partial charge in [0.15, 0.2) is 0 Å². The highest BCUT2D eigenvalue weighted by Gasteiger charge is 2.39. The van der Waals surface area contributed by atoms with E-state index in [0.29, 0.717) is 12.8 Å². The van der Waals surface area contributed by atoms with E-state index in [1.807, 2.05) is 31.2 Å². The molecule has 0 aromatic heterocycles. The number of hydrogen-bond acceptors (Lipinski definition) is 2. The van der Waals surface area contributed by atoms with Crippen molar-refractivity contribution in [2.24, 2.45) is 0 Å². The first-order chi connectivity index (χ1) is 11.7. The Balaban J connectivity index is 1.96. The Morgan fingerprint density at radius 2 is 1.79 bits per heavy atom. The molecule has 128 valence electrons. The summed E-state index contributed by atoms with van der Waals surface area (Å²) in [4.78, 5) is 14.8. The van der Waals surface area contributed by atoms with E-state index in [9.17, 15) is 9.90 Å². The van der Waals surface area contributed by atoms with Crippen LogP contribution in [-0.2, 0) is 10.2 Å². The number of benzene rings is 2. The van der Waals surface area contributed by atoms with Crippen molar-refractivity contribution in [2.75, 3.05) is 19.6 Å². The summed E-state index contributed by atoms with van der Waals surface area (Å²) >= 11 is 0. The van der Waals surface area contributed by atoms with Crippen molar-refractivity contribution < 1.29 is 9.90 Å². The van der Waals surface area contributed by atoms with E-state index in [0.717, 1.165) is 36.0 Å². The fourth-order valence-corrected chi connectivity index (χ4v) is 4.05. The average molecular weight is 325 g/mol. The zero-order valence-corrected chi connectivity index (χ0v) is 14.5. The van der Waals surface area contributed by atoms with Crippen LogP contribution in [0.4, 0.5) is 0 Å². The molecule has 2 aromatic rings. The van der Waals surface area contributed by atoms with Gasteiger partial charge in [-0.15, -0.1) is 0 Å². The van der Waals surface area contributed by atoms with E-state index in [4.69, 9.17) is 0 Å². The smallest absolute Gasteiger partial charge is 0.314 e. The Bertz CT molecular complexity index is 701. The molecule has 3 heteroatoms. The Labute approximate surface area is 144 Å². The van der Waals surface area contributed by atoms with Crippen molar-refractivity contribution in [1.82, 2.24) is 4.90 Å². The number of aliphatic carboxylic acids is 1. The SMILES string of the molecule is CCC(CCN1CCCCC1)(C(=O)O)c1cccc2ccccc12. The fourth-order valence-electron chi connectivity index (χ4n) is 4.05. The normalized spacial score (nSPS) is 18.4. The van der Waals surface area contributed by atoms with Crippen molar-refractivity contribution in [3.05, 3.63) is 48.0 Å². The highest BCUT2D eigenvalue weighted by molar-refractivity contribution is 5.93. The highest BCUT2D eigenvalue weighted by Crippen LogP contribution is 2.37. The monoisotopic (exact) mass is 325 g/mol. The van der Waals surface area contributed by atoms with E-state index < -0.39 is 11.4 Å². The third-order valence-corrected chi connectivity index (χ3v) is 5.62. The van der Waals surface area contributed by atoms with Gasteiger partial charge in [0.25, 0.3) is 0 Å². The predicted molar refractivity (Wildman–Crippen MR) is 98.5 cm³/mol. The lowest BCUT2D eigenvalue weighted by molar-refractivity contribution is -0.144. The van der Waals surface area contributed by atoms with Crippen LogP contribution in [0, 0.1) is 0 Å². The summed E-state index contributed by atoms with van der Waals surface area (Å²) in [6.07, 6.45) is 5.07. The van der Waals surface area contributed by atoms with E-state index in [1.54, 1.807) is 0 Å². The maximum Gasteiger partial charge on any atom is 0.314 e. The first-order valence-electron chi connectivity index (χ1n) is 9.11. The molecule has 1 N–H and O–H groups in total. The number of carboxylic acids is 1. The van der Waals surface area contributed by atoms with Gasteiger partial charge in [0, 0.05) is 0 Å². The first kappa shape index (κ1) is 17.0. The number of piperidine rings is 1. The quantitative estimate of drug-likeness (QED) is 0.853. The van der Waals surface area contributed by atoms with E-state index in [2.05, 4.69) is 23.1 Å². The number of hydrogen-bond donors (Lipinski definition) is 1. The summed E-state index contributed by atoms with van der Waals surface area (Å²) in [6, 6.07) is 14.2. The minimum Gasteiger partial charge on any atom is -0.481 e. The molecule has 3 rings (SSSR count). The van der Waals surface area contributed by atoms with Gasteiger partial charge < -0.3 is 10.0 Å². The molecule has 0 bridgehead atoms. The molecule has 1 aliphatic rings. The van der Waals surface area contributed by atoms with Gasteiger partial charge >= 0.3 is 5.97 Å². The molecule has 2 aromatic carbocycles. The van der Waals surface area contributed by atoms with Gasteiger partial charge in [0.1, 0.15) is 0 Å². The molecule has 1 atom stereocenters. The summed E-state index contributed by atoms with van der Waals surface area (Å²) in [7, 11) is 0. The van der Waals surface area contributed by atoms with Crippen LogP contribution in [0.3, 0.4) is 0 Å². The molecule has 1 saturated heterocycles. The zero-order chi connectivity index (χ0) is 17.0. The number of nitrogens with zero attached hydrogens (tertiary/aromatic N) is 1. The molecule has 0 spiro atoms. The maximum absolute atomic E-state index is 12.4. The number of carbonyl (C=O) groups is 1. The van der Waals surface area contributed by atoms with Crippen molar-refractivity contribution in [1.29, 1.82) is 0 Å². The maximum atomic E-state index is 12.4. The average Bonchev–Trinajstić information content (AvgIpc) is 2.63. The van der Waals surface area contributed by atoms with Crippen LogP contribution < -0.4 is 0 Å². The van der Waals surface area contributed by atoms with E-state index >= 15 is 0 Å². The number of carboxylic acid groups (broad SMARTS) is 1.